The van der Waals surface area contributed by atoms with Gasteiger partial charge in [0.1, 0.15) is 0 Å². The maximum atomic E-state index is 11.6. The first-order valence-electron chi connectivity index (χ1n) is 4.55. The van der Waals surface area contributed by atoms with Crippen LogP contribution in [0.1, 0.15) is 13.8 Å². The maximum absolute atomic E-state index is 11.6. The van der Waals surface area contributed by atoms with Gasteiger partial charge in [-0.1, -0.05) is 19.9 Å². The minimum atomic E-state index is -1.17. The monoisotopic (exact) mass is 216 g/mol. The van der Waals surface area contributed by atoms with E-state index in [0.717, 1.165) is 6.08 Å². The van der Waals surface area contributed by atoms with Crippen LogP contribution in [0.2, 0.25) is 0 Å². The van der Waals surface area contributed by atoms with Crippen LogP contribution in [-0.2, 0) is 14.3 Å². The van der Waals surface area contributed by atoms with Crippen LogP contribution in [0.15, 0.2) is 12.2 Å². The molecule has 1 aliphatic carbocycles. The molecule has 0 aromatic rings. The second-order valence-corrected chi connectivity index (χ2v) is 4.09. The van der Waals surface area contributed by atoms with Crippen molar-refractivity contribution in [2.24, 2.45) is 17.3 Å². The second kappa shape index (κ2) is 4.00. The lowest BCUT2D eigenvalue weighted by Crippen LogP contribution is -2.03. The number of esters is 1. The molecule has 0 amide bonds. The SMILES string of the molecule is CC1(C)C(/C=C/C(=O)OCF)C1C(=O)O. The van der Waals surface area contributed by atoms with E-state index in [2.05, 4.69) is 4.74 Å². The molecular weight excluding hydrogens is 203 g/mol. The van der Waals surface area contributed by atoms with Gasteiger partial charge in [-0.25, -0.2) is 9.18 Å². The minimum absolute atomic E-state index is 0.192. The predicted octanol–water partition coefficient (Wildman–Crippen LogP) is 1.37. The van der Waals surface area contributed by atoms with Crippen LogP contribution in [0, 0.1) is 17.3 Å². The van der Waals surface area contributed by atoms with E-state index >= 15 is 0 Å². The fourth-order valence-corrected chi connectivity index (χ4v) is 1.79. The summed E-state index contributed by atoms with van der Waals surface area (Å²) in [5.74, 6) is -2.34. The van der Waals surface area contributed by atoms with Crippen molar-refractivity contribution >= 4 is 11.9 Å². The van der Waals surface area contributed by atoms with Gasteiger partial charge in [-0.05, 0) is 11.3 Å². The standard InChI is InChI=1S/C10H13FO4/c1-10(2)6(8(10)9(13)14)3-4-7(12)15-5-11/h3-4,6,8H,5H2,1-2H3,(H,13,14)/b4-3+. The third-order valence-electron chi connectivity index (χ3n) is 2.81. The number of aliphatic carboxylic acids is 1. The molecule has 15 heavy (non-hydrogen) atoms. The molecule has 0 spiro atoms. The third-order valence-corrected chi connectivity index (χ3v) is 2.81. The van der Waals surface area contributed by atoms with E-state index in [1.165, 1.54) is 6.08 Å². The van der Waals surface area contributed by atoms with E-state index in [1.54, 1.807) is 13.8 Å². The topological polar surface area (TPSA) is 63.6 Å². The van der Waals surface area contributed by atoms with E-state index in [4.69, 9.17) is 5.11 Å². The summed E-state index contributed by atoms with van der Waals surface area (Å²) in [6, 6.07) is 0. The van der Waals surface area contributed by atoms with E-state index in [0.29, 0.717) is 0 Å². The Hall–Kier alpha value is -1.39. The first-order chi connectivity index (χ1) is 6.91. The van der Waals surface area contributed by atoms with Gasteiger partial charge < -0.3 is 9.84 Å². The number of rotatable bonds is 4. The van der Waals surface area contributed by atoms with E-state index in [9.17, 15) is 14.0 Å². The molecule has 1 rings (SSSR count). The molecule has 1 N–H and O–H groups in total. The van der Waals surface area contributed by atoms with E-state index in [1.807, 2.05) is 0 Å². The number of allylic oxidation sites excluding steroid dienone is 1. The molecule has 0 aliphatic heterocycles. The highest BCUT2D eigenvalue weighted by Crippen LogP contribution is 2.58. The Balaban J connectivity index is 2.55. The average molecular weight is 216 g/mol. The smallest absolute Gasteiger partial charge is 0.332 e. The Labute approximate surface area is 86.7 Å². The normalized spacial score (nSPS) is 27.7. The Morgan fingerprint density at radius 3 is 2.53 bits per heavy atom. The quantitative estimate of drug-likeness (QED) is 0.569. The summed E-state index contributed by atoms with van der Waals surface area (Å²) < 4.78 is 15.6. The van der Waals surface area contributed by atoms with Crippen molar-refractivity contribution in [1.29, 1.82) is 0 Å². The number of carbonyl (C=O) groups excluding carboxylic acids is 1. The van der Waals surface area contributed by atoms with Crippen molar-refractivity contribution in [3.05, 3.63) is 12.2 Å². The molecule has 0 heterocycles. The zero-order chi connectivity index (χ0) is 11.6. The number of ether oxygens (including phenoxy) is 1. The van der Waals surface area contributed by atoms with Crippen molar-refractivity contribution in [3.8, 4) is 0 Å². The summed E-state index contributed by atoms with van der Waals surface area (Å²) in [6.45, 7) is 2.45. The Bertz CT molecular complexity index is 309. The molecule has 4 nitrogen and oxygen atoms in total. The lowest BCUT2D eigenvalue weighted by Gasteiger charge is -1.96. The summed E-state index contributed by atoms with van der Waals surface area (Å²) in [6.07, 6.45) is 2.55. The van der Waals surface area contributed by atoms with Gasteiger partial charge in [-0.2, -0.15) is 0 Å². The van der Waals surface area contributed by atoms with Crippen LogP contribution >= 0.6 is 0 Å². The van der Waals surface area contributed by atoms with Crippen molar-refractivity contribution in [2.45, 2.75) is 13.8 Å². The lowest BCUT2D eigenvalue weighted by atomic mass is 10.1. The summed E-state index contributed by atoms with van der Waals surface area (Å²) in [4.78, 5) is 21.5. The number of hydrogen-bond acceptors (Lipinski definition) is 3. The van der Waals surface area contributed by atoms with Crippen LogP contribution in [0.5, 0.6) is 0 Å². The number of halogens is 1. The summed E-state index contributed by atoms with van der Waals surface area (Å²) in [5.41, 5.74) is -0.349. The van der Waals surface area contributed by atoms with Crippen LogP contribution in [0.25, 0.3) is 0 Å². The molecule has 84 valence electrons. The number of alkyl halides is 1. The van der Waals surface area contributed by atoms with Gasteiger partial charge in [0.2, 0.25) is 6.86 Å². The number of carboxylic acids is 1. The molecule has 2 atom stereocenters. The summed E-state index contributed by atoms with van der Waals surface area (Å²) in [7, 11) is 0. The molecule has 0 aromatic heterocycles. The van der Waals surface area contributed by atoms with Gasteiger partial charge in [-0.15, -0.1) is 0 Å². The van der Waals surface area contributed by atoms with E-state index in [-0.39, 0.29) is 11.3 Å². The first-order valence-corrected chi connectivity index (χ1v) is 4.55. The van der Waals surface area contributed by atoms with Crippen LogP contribution in [0.3, 0.4) is 0 Å². The molecule has 2 unspecified atom stereocenters. The maximum Gasteiger partial charge on any atom is 0.332 e. The largest absolute Gasteiger partial charge is 0.481 e. The number of hydrogen-bond donors (Lipinski definition) is 1. The van der Waals surface area contributed by atoms with Crippen LogP contribution < -0.4 is 0 Å². The molecule has 0 saturated heterocycles. The van der Waals surface area contributed by atoms with E-state index < -0.39 is 24.7 Å². The van der Waals surface area contributed by atoms with Crippen LogP contribution in [0.4, 0.5) is 4.39 Å². The van der Waals surface area contributed by atoms with Crippen LogP contribution in [-0.4, -0.2) is 23.9 Å². The van der Waals surface area contributed by atoms with Crippen molar-refractivity contribution < 1.29 is 23.8 Å². The third kappa shape index (κ3) is 2.34. The molecule has 0 bridgehead atoms. The van der Waals surface area contributed by atoms with Crippen molar-refractivity contribution in [1.82, 2.24) is 0 Å². The molecular formula is C10H13FO4. The molecule has 1 fully saturated rings. The van der Waals surface area contributed by atoms with Crippen molar-refractivity contribution in [3.63, 3.8) is 0 Å². The fourth-order valence-electron chi connectivity index (χ4n) is 1.79. The molecule has 5 heteroatoms. The fraction of sp³-hybridized carbons (Fsp3) is 0.600. The van der Waals surface area contributed by atoms with Gasteiger partial charge >= 0.3 is 11.9 Å². The Kier molecular flexibility index (Phi) is 3.12. The van der Waals surface area contributed by atoms with Gasteiger partial charge in [0.25, 0.3) is 0 Å². The molecule has 1 saturated carbocycles. The number of carbonyl (C=O) groups is 2. The van der Waals surface area contributed by atoms with Gasteiger partial charge in [-0.3, -0.25) is 4.79 Å². The minimum Gasteiger partial charge on any atom is -0.481 e. The highest BCUT2D eigenvalue weighted by atomic mass is 19.1. The summed E-state index contributed by atoms with van der Waals surface area (Å²) in [5, 5.41) is 8.82. The molecule has 0 radical (unpaired) electrons. The average Bonchev–Trinajstić information content (AvgIpc) is 2.65. The predicted molar refractivity (Wildman–Crippen MR) is 49.6 cm³/mol. The first kappa shape index (κ1) is 11.7. The van der Waals surface area contributed by atoms with Gasteiger partial charge in [0.05, 0.1) is 5.92 Å². The highest BCUT2D eigenvalue weighted by molar-refractivity contribution is 5.83. The molecule has 0 aromatic carbocycles. The zero-order valence-corrected chi connectivity index (χ0v) is 8.57. The summed E-state index contributed by atoms with van der Waals surface area (Å²) >= 11 is 0. The second-order valence-electron chi connectivity index (χ2n) is 4.09. The Morgan fingerprint density at radius 2 is 2.13 bits per heavy atom. The lowest BCUT2D eigenvalue weighted by molar-refractivity contribution is -0.142. The molecule has 1 aliphatic rings. The van der Waals surface area contributed by atoms with Crippen molar-refractivity contribution in [2.75, 3.05) is 6.86 Å². The zero-order valence-electron chi connectivity index (χ0n) is 8.57. The Morgan fingerprint density at radius 1 is 1.53 bits per heavy atom. The van der Waals surface area contributed by atoms with Gasteiger partial charge in [0, 0.05) is 6.08 Å². The highest BCUT2D eigenvalue weighted by Gasteiger charge is 2.60. The van der Waals surface area contributed by atoms with Gasteiger partial charge in [0.15, 0.2) is 0 Å². The number of carboxylic acid groups (broad SMARTS) is 1.